The third-order valence-electron chi connectivity index (χ3n) is 10.4. The van der Waals surface area contributed by atoms with Crippen LogP contribution in [0.2, 0.25) is 10.0 Å². The van der Waals surface area contributed by atoms with Gasteiger partial charge in [0.1, 0.15) is 0 Å². The molecule has 6 heterocycles. The highest BCUT2D eigenvalue weighted by Gasteiger charge is 2.24. The van der Waals surface area contributed by atoms with Crippen LogP contribution in [-0.4, -0.2) is 96.0 Å². The minimum absolute atomic E-state index is 0.307. The quantitative estimate of drug-likeness (QED) is 0.145. The molecule has 14 nitrogen and oxygen atoms in total. The highest BCUT2D eigenvalue weighted by atomic mass is 35.5. The van der Waals surface area contributed by atoms with Crippen LogP contribution in [-0.2, 0) is 25.9 Å². The molecule has 16 heteroatoms. The third-order valence-corrected chi connectivity index (χ3v) is 10.9. The lowest BCUT2D eigenvalue weighted by Crippen LogP contribution is -2.46. The maximum absolute atomic E-state index is 5.94. The van der Waals surface area contributed by atoms with E-state index in [1.165, 1.54) is 11.1 Å². The van der Waals surface area contributed by atoms with Crippen LogP contribution in [0.15, 0.2) is 94.0 Å². The molecular weight excluding hydrogens is 783 g/mol. The summed E-state index contributed by atoms with van der Waals surface area (Å²) in [5.74, 6) is 4.68. The molecule has 2 fully saturated rings. The molecule has 4 aliphatic heterocycles. The standard InChI is InChI=1S/2C21H21ClN4O3/c2*22-17-4-1-15(2-5-17)12-20-23-21(29-24-20)26-9-7-25(8-10-26)13-16-3-6-18-19(11-16)28-14-27-18/h2*1-6,11H,7-10,12-14H2. The van der Waals surface area contributed by atoms with E-state index in [4.69, 9.17) is 51.2 Å². The fraction of sp³-hybridized carbons (Fsp3) is 0.333. The van der Waals surface area contributed by atoms with Gasteiger partial charge in [-0.3, -0.25) is 9.80 Å². The summed E-state index contributed by atoms with van der Waals surface area (Å²) in [5, 5.41) is 9.70. The molecule has 4 aliphatic rings. The SMILES string of the molecule is Clc1ccc(Cc2noc(N3CCN(Cc4ccc5c(c4)OCO5)CC3)n2)cc1.Clc1ccc(Cc2noc(N3CCN(Cc4ccc5c(c4)OCO5)CC3)n2)cc1. The third kappa shape index (κ3) is 9.42. The second-order valence-electron chi connectivity index (χ2n) is 14.5. The first-order chi connectivity index (χ1) is 28.5. The Morgan fingerprint density at radius 2 is 0.828 bits per heavy atom. The van der Waals surface area contributed by atoms with E-state index in [1.807, 2.05) is 60.7 Å². The van der Waals surface area contributed by atoms with Crippen molar-refractivity contribution < 1.29 is 28.0 Å². The fourth-order valence-electron chi connectivity index (χ4n) is 7.25. The molecule has 6 aromatic rings. The Labute approximate surface area is 345 Å². The number of piperazine rings is 2. The van der Waals surface area contributed by atoms with E-state index in [9.17, 15) is 0 Å². The van der Waals surface area contributed by atoms with Crippen LogP contribution in [0.1, 0.15) is 33.9 Å². The summed E-state index contributed by atoms with van der Waals surface area (Å²) in [5.41, 5.74) is 4.67. The normalized spacial score (nSPS) is 16.4. The number of hydrogen-bond acceptors (Lipinski definition) is 14. The molecule has 0 amide bonds. The molecule has 0 bridgehead atoms. The molecule has 2 aromatic heterocycles. The van der Waals surface area contributed by atoms with Crippen molar-refractivity contribution in [2.75, 3.05) is 75.7 Å². The minimum Gasteiger partial charge on any atom is -0.454 e. The van der Waals surface area contributed by atoms with Crippen LogP contribution in [0.5, 0.6) is 23.0 Å². The summed E-state index contributed by atoms with van der Waals surface area (Å²) in [6.45, 7) is 9.54. The van der Waals surface area contributed by atoms with Gasteiger partial charge in [-0.25, -0.2) is 0 Å². The molecule has 0 saturated carbocycles. The molecule has 2 saturated heterocycles. The van der Waals surface area contributed by atoms with Crippen LogP contribution in [0, 0.1) is 0 Å². The van der Waals surface area contributed by atoms with E-state index in [2.05, 4.69) is 64.1 Å². The molecule has 58 heavy (non-hydrogen) atoms. The van der Waals surface area contributed by atoms with E-state index in [-0.39, 0.29) is 0 Å². The number of benzene rings is 4. The Kier molecular flexibility index (Phi) is 11.5. The summed E-state index contributed by atoms with van der Waals surface area (Å²) < 4.78 is 32.7. The molecule has 0 radical (unpaired) electrons. The van der Waals surface area contributed by atoms with Gasteiger partial charge in [-0.1, -0.05) is 69.9 Å². The summed E-state index contributed by atoms with van der Waals surface area (Å²) in [6.07, 6.45) is 1.26. The van der Waals surface area contributed by atoms with Crippen LogP contribution in [0.25, 0.3) is 0 Å². The maximum atomic E-state index is 5.94. The molecule has 4 aromatic carbocycles. The first kappa shape index (κ1) is 38.0. The summed E-state index contributed by atoms with van der Waals surface area (Å²) >= 11 is 11.9. The Morgan fingerprint density at radius 1 is 0.448 bits per heavy atom. The number of halogens is 2. The Balaban J connectivity index is 0.000000150. The van der Waals surface area contributed by atoms with Gasteiger partial charge >= 0.3 is 12.0 Å². The Bertz CT molecular complexity index is 2130. The number of rotatable bonds is 10. The lowest BCUT2D eigenvalue weighted by Gasteiger charge is -2.33. The lowest BCUT2D eigenvalue weighted by atomic mass is 10.1. The Hall–Kier alpha value is -5.54. The average molecular weight is 826 g/mol. The van der Waals surface area contributed by atoms with Crippen molar-refractivity contribution in [2.45, 2.75) is 25.9 Å². The van der Waals surface area contributed by atoms with E-state index >= 15 is 0 Å². The number of nitrogens with zero attached hydrogens (tertiary/aromatic N) is 8. The molecule has 0 spiro atoms. The van der Waals surface area contributed by atoms with Gasteiger partial charge in [0.05, 0.1) is 0 Å². The smallest absolute Gasteiger partial charge is 0.324 e. The predicted molar refractivity (Wildman–Crippen MR) is 217 cm³/mol. The van der Waals surface area contributed by atoms with Crippen molar-refractivity contribution in [2.24, 2.45) is 0 Å². The topological polar surface area (TPSA) is 128 Å². The number of aromatic nitrogens is 4. The lowest BCUT2D eigenvalue weighted by molar-refractivity contribution is 0.173. The van der Waals surface area contributed by atoms with Gasteiger partial charge < -0.3 is 37.8 Å². The van der Waals surface area contributed by atoms with Gasteiger partial charge in [0.2, 0.25) is 13.6 Å². The van der Waals surface area contributed by atoms with Crippen molar-refractivity contribution in [3.63, 3.8) is 0 Å². The molecule has 0 unspecified atom stereocenters. The van der Waals surface area contributed by atoms with E-state index in [0.29, 0.717) is 50.1 Å². The summed E-state index contributed by atoms with van der Waals surface area (Å²) in [4.78, 5) is 18.3. The number of hydrogen-bond donors (Lipinski definition) is 0. The van der Waals surface area contributed by atoms with E-state index in [1.54, 1.807) is 0 Å². The predicted octanol–water partition coefficient (Wildman–Crippen LogP) is 6.73. The van der Waals surface area contributed by atoms with Gasteiger partial charge in [-0.2, -0.15) is 9.97 Å². The fourth-order valence-corrected chi connectivity index (χ4v) is 7.50. The summed E-state index contributed by atoms with van der Waals surface area (Å²) in [7, 11) is 0. The number of anilines is 2. The number of ether oxygens (including phenoxy) is 4. The number of fused-ring (bicyclic) bond motifs is 2. The van der Waals surface area contributed by atoms with Gasteiger partial charge in [-0.15, -0.1) is 0 Å². The first-order valence-electron chi connectivity index (χ1n) is 19.3. The zero-order valence-electron chi connectivity index (χ0n) is 31.8. The second kappa shape index (κ2) is 17.5. The van der Waals surface area contributed by atoms with E-state index in [0.717, 1.165) is 110 Å². The van der Waals surface area contributed by atoms with Crippen LogP contribution < -0.4 is 28.7 Å². The van der Waals surface area contributed by atoms with Gasteiger partial charge in [0, 0.05) is 88.3 Å². The molecule has 0 N–H and O–H groups in total. The maximum Gasteiger partial charge on any atom is 0.324 e. The largest absolute Gasteiger partial charge is 0.454 e. The van der Waals surface area contributed by atoms with Crippen LogP contribution >= 0.6 is 23.2 Å². The molecule has 0 atom stereocenters. The van der Waals surface area contributed by atoms with Crippen LogP contribution in [0.3, 0.4) is 0 Å². The zero-order chi connectivity index (χ0) is 39.3. The summed E-state index contributed by atoms with van der Waals surface area (Å²) in [6, 6.07) is 28.9. The highest BCUT2D eigenvalue weighted by Crippen LogP contribution is 2.34. The van der Waals surface area contributed by atoms with Crippen LogP contribution in [0.4, 0.5) is 12.0 Å². The molecule has 300 valence electrons. The van der Waals surface area contributed by atoms with Crippen molar-refractivity contribution in [1.29, 1.82) is 0 Å². The zero-order valence-corrected chi connectivity index (χ0v) is 33.3. The van der Waals surface area contributed by atoms with Gasteiger partial charge in [-0.05, 0) is 70.8 Å². The van der Waals surface area contributed by atoms with Gasteiger partial charge in [0.15, 0.2) is 34.6 Å². The molecular formula is C42H42Cl2N8O6. The van der Waals surface area contributed by atoms with Crippen molar-refractivity contribution in [3.8, 4) is 23.0 Å². The van der Waals surface area contributed by atoms with E-state index < -0.39 is 0 Å². The van der Waals surface area contributed by atoms with Crippen molar-refractivity contribution in [1.82, 2.24) is 30.1 Å². The molecule has 0 aliphatic carbocycles. The van der Waals surface area contributed by atoms with Crippen molar-refractivity contribution >= 4 is 35.2 Å². The average Bonchev–Trinajstić information content (AvgIpc) is 4.09. The van der Waals surface area contributed by atoms with Gasteiger partial charge in [0.25, 0.3) is 0 Å². The highest BCUT2D eigenvalue weighted by molar-refractivity contribution is 6.30. The minimum atomic E-state index is 0.307. The van der Waals surface area contributed by atoms with Crippen molar-refractivity contribution in [3.05, 3.63) is 129 Å². The molecule has 10 rings (SSSR count). The Morgan fingerprint density at radius 3 is 1.24 bits per heavy atom. The first-order valence-corrected chi connectivity index (χ1v) is 20.1. The second-order valence-corrected chi connectivity index (χ2v) is 15.4. The monoisotopic (exact) mass is 824 g/mol.